The number of nitrogens with zero attached hydrogens (tertiary/aromatic N) is 2. The number of aromatic nitrogens is 2. The van der Waals surface area contributed by atoms with Crippen molar-refractivity contribution in [2.75, 3.05) is 0 Å². The van der Waals surface area contributed by atoms with Crippen molar-refractivity contribution < 1.29 is 38.8 Å². The van der Waals surface area contributed by atoms with Gasteiger partial charge in [-0.3, -0.25) is 9.78 Å². The Bertz CT molecular complexity index is 2120. The molecule has 0 saturated heterocycles. The first-order valence-corrected chi connectivity index (χ1v) is 17.4. The van der Waals surface area contributed by atoms with Crippen LogP contribution in [0.5, 0.6) is 0 Å². The van der Waals surface area contributed by atoms with Gasteiger partial charge in [-0.25, -0.2) is 4.98 Å². The minimum atomic E-state index is -0.337. The molecule has 0 aliphatic carbocycles. The van der Waals surface area contributed by atoms with Gasteiger partial charge < -0.3 is 13.9 Å². The number of rotatable bonds is 9. The number of aliphatic hydroxyl groups excluding tert-OH is 1. The summed E-state index contributed by atoms with van der Waals surface area (Å²) < 4.78 is 12.1. The summed E-state index contributed by atoms with van der Waals surface area (Å²) in [5, 5.41) is 13.4. The fourth-order valence-electron chi connectivity index (χ4n) is 6.03. The Balaban J connectivity index is 0.000000269. The maximum atomic E-state index is 12.2. The molecule has 6 rings (SSSR count). The van der Waals surface area contributed by atoms with Gasteiger partial charge >= 0.3 is 0 Å². The summed E-state index contributed by atoms with van der Waals surface area (Å²) in [4.78, 5) is 21.3. The molecule has 6 aromatic rings. The van der Waals surface area contributed by atoms with Crippen LogP contribution in [0.1, 0.15) is 93.6 Å². The van der Waals surface area contributed by atoms with Crippen molar-refractivity contribution in [3.05, 3.63) is 96.7 Å². The van der Waals surface area contributed by atoms with Crippen molar-refractivity contribution in [2.45, 2.75) is 93.4 Å². The maximum Gasteiger partial charge on any atom is 0.164 e. The number of aliphatic hydroxyl groups is 1. The summed E-state index contributed by atoms with van der Waals surface area (Å²) in [6, 6.07) is 24.0. The summed E-state index contributed by atoms with van der Waals surface area (Å²) in [7, 11) is 0. The van der Waals surface area contributed by atoms with Gasteiger partial charge in [0.1, 0.15) is 34.5 Å². The molecule has 0 bridgehead atoms. The van der Waals surface area contributed by atoms with Gasteiger partial charge in [0.2, 0.25) is 0 Å². The van der Waals surface area contributed by atoms with E-state index in [-0.39, 0.29) is 47.9 Å². The van der Waals surface area contributed by atoms with E-state index in [9.17, 15) is 9.90 Å². The molecule has 0 unspecified atom stereocenters. The van der Waals surface area contributed by atoms with Gasteiger partial charge in [0.25, 0.3) is 0 Å². The second-order valence-electron chi connectivity index (χ2n) is 14.5. The van der Waals surface area contributed by atoms with Crippen molar-refractivity contribution in [3.63, 3.8) is 0 Å². The molecule has 50 heavy (non-hydrogen) atoms. The molecule has 1 N–H and O–H groups in total. The third-order valence-electron chi connectivity index (χ3n) is 10.5. The number of ketones is 1. The molecule has 0 aliphatic heterocycles. The number of para-hydroxylation sites is 1. The Kier molecular flexibility index (Phi) is 12.0. The van der Waals surface area contributed by atoms with E-state index in [1.165, 1.54) is 17.0 Å². The number of allylic oxidation sites excluding steroid dienone is 2. The van der Waals surface area contributed by atoms with Gasteiger partial charge in [-0.15, -0.1) is 29.1 Å². The SMILES string of the molecule is CC(C)(C)c1cc(-c2ncnc3cc(-c4cccc5ccoc45)oc23)[c-]c2ccccc12.CCC(C)(CC)C(=O)/C=C(\O)C(C)(CC)CC.[Ir]. The van der Waals surface area contributed by atoms with Gasteiger partial charge in [0, 0.05) is 48.5 Å². The molecule has 0 saturated carbocycles. The van der Waals surface area contributed by atoms with Crippen LogP contribution < -0.4 is 0 Å². The number of hydrogen-bond acceptors (Lipinski definition) is 6. The van der Waals surface area contributed by atoms with Crippen LogP contribution in [0.3, 0.4) is 0 Å². The molecular formula is C43H49IrN2O4-. The molecule has 0 amide bonds. The molecule has 3 aromatic carbocycles. The largest absolute Gasteiger partial charge is 0.512 e. The topological polar surface area (TPSA) is 89.4 Å². The van der Waals surface area contributed by atoms with Crippen LogP contribution in [-0.2, 0) is 30.3 Å². The van der Waals surface area contributed by atoms with Crippen molar-refractivity contribution in [2.24, 2.45) is 10.8 Å². The molecule has 0 fully saturated rings. The number of fused-ring (bicyclic) bond motifs is 3. The summed E-state index contributed by atoms with van der Waals surface area (Å²) in [6.07, 6.45) is 8.04. The number of carbonyl (C=O) groups excluding carboxylic acids is 1. The average Bonchev–Trinajstić information content (AvgIpc) is 3.78. The minimum absolute atomic E-state index is 0. The van der Waals surface area contributed by atoms with Crippen LogP contribution >= 0.6 is 0 Å². The molecule has 6 nitrogen and oxygen atoms in total. The summed E-state index contributed by atoms with van der Waals surface area (Å²) in [5.41, 5.74) is 5.36. The first-order chi connectivity index (χ1) is 23.3. The van der Waals surface area contributed by atoms with Gasteiger partial charge in [-0.05, 0) is 43.2 Å². The van der Waals surface area contributed by atoms with Crippen molar-refractivity contribution >= 4 is 38.6 Å². The van der Waals surface area contributed by atoms with Crippen LogP contribution in [-0.4, -0.2) is 20.9 Å². The van der Waals surface area contributed by atoms with Gasteiger partial charge in [0.15, 0.2) is 5.78 Å². The standard InChI is InChI=1S/C28H21N2O2.C15H28O2.Ir/c1-28(2,3)22-14-19(13-18-7-4-5-9-20(18)22)25-27-23(29-16-30-25)15-24(32-27)21-10-6-8-17-11-12-31-26(17)21;1-7-14(5,8-2)12(16)11-13(17)15(6,9-3)10-4;/h4-12,14-16H,1-3H3;11,16H,7-10H2,1-6H3;/q-1;;/b;12-11-;. The van der Waals surface area contributed by atoms with Crippen LogP contribution in [0.2, 0.25) is 0 Å². The van der Waals surface area contributed by atoms with E-state index in [2.05, 4.69) is 61.1 Å². The van der Waals surface area contributed by atoms with E-state index >= 15 is 0 Å². The second kappa shape index (κ2) is 15.4. The molecule has 3 aromatic heterocycles. The average molecular weight is 850 g/mol. The van der Waals surface area contributed by atoms with E-state index in [1.54, 1.807) is 12.6 Å². The third kappa shape index (κ3) is 7.65. The molecule has 3 heterocycles. The van der Waals surface area contributed by atoms with Crippen molar-refractivity contribution in [1.82, 2.24) is 9.97 Å². The third-order valence-corrected chi connectivity index (χ3v) is 10.5. The van der Waals surface area contributed by atoms with Crippen LogP contribution in [0, 0.1) is 16.9 Å². The van der Waals surface area contributed by atoms with Gasteiger partial charge in [-0.2, -0.15) is 0 Å². The predicted octanol–water partition coefficient (Wildman–Crippen LogP) is 12.2. The Hall–Kier alpha value is -4.06. The Morgan fingerprint density at radius 3 is 2.18 bits per heavy atom. The molecule has 7 heteroatoms. The first-order valence-electron chi connectivity index (χ1n) is 17.4. The second-order valence-corrected chi connectivity index (χ2v) is 14.5. The fraction of sp³-hybridized carbons (Fsp3) is 0.372. The normalized spacial score (nSPS) is 12.5. The van der Waals surface area contributed by atoms with E-state index in [4.69, 9.17) is 8.83 Å². The molecule has 0 atom stereocenters. The van der Waals surface area contributed by atoms with E-state index in [0.29, 0.717) is 11.3 Å². The zero-order valence-electron chi connectivity index (χ0n) is 30.7. The number of carbonyl (C=O) groups is 1. The van der Waals surface area contributed by atoms with Crippen LogP contribution in [0.25, 0.3) is 55.4 Å². The van der Waals surface area contributed by atoms with E-state index in [0.717, 1.165) is 64.4 Å². The molecular weight excluding hydrogens is 801 g/mol. The molecule has 0 aliphatic rings. The number of furan rings is 2. The molecule has 0 spiro atoms. The van der Waals surface area contributed by atoms with Crippen molar-refractivity contribution in [1.29, 1.82) is 0 Å². The van der Waals surface area contributed by atoms with Gasteiger partial charge in [-0.1, -0.05) is 104 Å². The van der Waals surface area contributed by atoms with Gasteiger partial charge in [0.05, 0.1) is 17.5 Å². The fourth-order valence-corrected chi connectivity index (χ4v) is 6.03. The zero-order valence-corrected chi connectivity index (χ0v) is 33.1. The minimum Gasteiger partial charge on any atom is -0.512 e. The van der Waals surface area contributed by atoms with Crippen molar-refractivity contribution in [3.8, 4) is 22.6 Å². The summed E-state index contributed by atoms with van der Waals surface area (Å²) >= 11 is 0. The predicted molar refractivity (Wildman–Crippen MR) is 201 cm³/mol. The molecule has 1 radical (unpaired) electrons. The Labute approximate surface area is 309 Å². The van der Waals surface area contributed by atoms with Crippen LogP contribution in [0.15, 0.2) is 93.9 Å². The number of benzene rings is 3. The Morgan fingerprint density at radius 1 is 0.840 bits per heavy atom. The monoisotopic (exact) mass is 850 g/mol. The molecule has 265 valence electrons. The summed E-state index contributed by atoms with van der Waals surface area (Å²) in [6.45, 7) is 18.8. The van der Waals surface area contributed by atoms with Crippen LogP contribution in [0.4, 0.5) is 0 Å². The quantitative estimate of drug-likeness (QED) is 0.0885. The van der Waals surface area contributed by atoms with E-state index in [1.807, 2.05) is 77.9 Å². The first kappa shape index (κ1) is 38.7. The zero-order chi connectivity index (χ0) is 35.6. The number of hydrogen-bond donors (Lipinski definition) is 1. The summed E-state index contributed by atoms with van der Waals surface area (Å²) in [5.74, 6) is 0.993. The smallest absolute Gasteiger partial charge is 0.164 e. The Morgan fingerprint density at radius 2 is 1.52 bits per heavy atom. The maximum absolute atomic E-state index is 12.2. The van der Waals surface area contributed by atoms with E-state index < -0.39 is 0 Å².